The van der Waals surface area contributed by atoms with E-state index in [9.17, 15) is 10.2 Å². The third kappa shape index (κ3) is 1.38. The SMILES string of the molecule is OC1C2COC1C(O)C(OC13COC4C(COC41)O3)O2. The molecule has 0 spiro atoms. The molecule has 9 unspecified atom stereocenters. The number of fused-ring (bicyclic) bond motifs is 2. The molecule has 5 saturated heterocycles. The second-order valence-electron chi connectivity index (χ2n) is 5.94. The molecule has 5 rings (SSSR count). The van der Waals surface area contributed by atoms with Gasteiger partial charge in [-0.2, -0.15) is 0 Å². The summed E-state index contributed by atoms with van der Waals surface area (Å²) in [6.07, 6.45) is -4.49. The predicted octanol–water partition coefficient (Wildman–Crippen LogP) is -2.26. The van der Waals surface area contributed by atoms with Crippen LogP contribution in [-0.2, 0) is 28.4 Å². The van der Waals surface area contributed by atoms with E-state index >= 15 is 0 Å². The number of ether oxygens (including phenoxy) is 6. The highest BCUT2D eigenvalue weighted by molar-refractivity contribution is 5.09. The monoisotopic (exact) mass is 288 g/mol. The van der Waals surface area contributed by atoms with Crippen molar-refractivity contribution in [2.75, 3.05) is 19.8 Å². The van der Waals surface area contributed by atoms with Gasteiger partial charge in [-0.1, -0.05) is 0 Å². The van der Waals surface area contributed by atoms with Crippen molar-refractivity contribution in [2.24, 2.45) is 0 Å². The van der Waals surface area contributed by atoms with Gasteiger partial charge in [-0.15, -0.1) is 0 Å². The topological polar surface area (TPSA) is 95.8 Å². The molecule has 8 heteroatoms. The van der Waals surface area contributed by atoms with E-state index in [1.54, 1.807) is 0 Å². The van der Waals surface area contributed by atoms with E-state index in [0.717, 1.165) is 0 Å². The fourth-order valence-corrected chi connectivity index (χ4v) is 3.77. The number of aliphatic hydroxyl groups is 2. The van der Waals surface area contributed by atoms with Crippen molar-refractivity contribution in [3.8, 4) is 0 Å². The van der Waals surface area contributed by atoms with Crippen molar-refractivity contribution >= 4 is 0 Å². The summed E-state index contributed by atoms with van der Waals surface area (Å²) in [6, 6.07) is 0. The average Bonchev–Trinajstić information content (AvgIpc) is 3.13. The third-order valence-electron chi connectivity index (χ3n) is 4.78. The van der Waals surface area contributed by atoms with E-state index in [1.807, 2.05) is 0 Å². The van der Waals surface area contributed by atoms with Crippen LogP contribution in [0.4, 0.5) is 0 Å². The van der Waals surface area contributed by atoms with Gasteiger partial charge in [0.25, 0.3) is 0 Å². The van der Waals surface area contributed by atoms with Gasteiger partial charge in [0.1, 0.15) is 49.3 Å². The highest BCUT2D eigenvalue weighted by Gasteiger charge is 2.69. The minimum Gasteiger partial charge on any atom is -0.387 e. The van der Waals surface area contributed by atoms with Crippen LogP contribution < -0.4 is 0 Å². The summed E-state index contributed by atoms with van der Waals surface area (Å²) in [5.41, 5.74) is 0. The van der Waals surface area contributed by atoms with E-state index in [0.29, 0.717) is 6.61 Å². The van der Waals surface area contributed by atoms with Gasteiger partial charge in [0.05, 0.1) is 13.2 Å². The zero-order valence-electron chi connectivity index (χ0n) is 10.6. The summed E-state index contributed by atoms with van der Waals surface area (Å²) in [4.78, 5) is 0. The van der Waals surface area contributed by atoms with Crippen LogP contribution in [0.5, 0.6) is 0 Å². The zero-order valence-corrected chi connectivity index (χ0v) is 10.6. The van der Waals surface area contributed by atoms with Crippen molar-refractivity contribution in [2.45, 2.75) is 54.8 Å². The van der Waals surface area contributed by atoms with E-state index in [1.165, 1.54) is 0 Å². The summed E-state index contributed by atoms with van der Waals surface area (Å²) in [5, 5.41) is 20.1. The van der Waals surface area contributed by atoms with Gasteiger partial charge in [-0.3, -0.25) is 0 Å². The Morgan fingerprint density at radius 2 is 1.80 bits per heavy atom. The lowest BCUT2D eigenvalue weighted by molar-refractivity contribution is -0.383. The molecule has 112 valence electrons. The summed E-state index contributed by atoms with van der Waals surface area (Å²) < 4.78 is 33.9. The maximum absolute atomic E-state index is 10.2. The summed E-state index contributed by atoms with van der Waals surface area (Å²) in [6.45, 7) is 1.00. The lowest BCUT2D eigenvalue weighted by atomic mass is 10.0. The number of rotatable bonds is 2. The maximum atomic E-state index is 10.2. The first-order valence-corrected chi connectivity index (χ1v) is 6.90. The molecule has 5 aliphatic rings. The fraction of sp³-hybridized carbons (Fsp3) is 1.00. The second-order valence-corrected chi connectivity index (χ2v) is 5.94. The molecule has 0 aromatic heterocycles. The maximum Gasteiger partial charge on any atom is 0.224 e. The number of hydrogen-bond acceptors (Lipinski definition) is 8. The molecular formula is C12H16O8. The molecule has 8 nitrogen and oxygen atoms in total. The van der Waals surface area contributed by atoms with Crippen molar-refractivity contribution in [1.82, 2.24) is 0 Å². The Hall–Kier alpha value is -0.320. The van der Waals surface area contributed by atoms with E-state index in [-0.39, 0.29) is 31.5 Å². The minimum absolute atomic E-state index is 0.103. The van der Waals surface area contributed by atoms with Gasteiger partial charge in [0, 0.05) is 0 Å². The molecule has 5 aliphatic heterocycles. The summed E-state index contributed by atoms with van der Waals surface area (Å²) >= 11 is 0. The molecule has 6 bridgehead atoms. The Morgan fingerprint density at radius 3 is 2.60 bits per heavy atom. The van der Waals surface area contributed by atoms with Crippen LogP contribution in [0, 0.1) is 0 Å². The first-order valence-electron chi connectivity index (χ1n) is 6.90. The number of hydrogen-bond donors (Lipinski definition) is 2. The minimum atomic E-state index is -1.07. The third-order valence-corrected chi connectivity index (χ3v) is 4.78. The molecule has 5 fully saturated rings. The molecule has 0 amide bonds. The molecule has 0 aromatic carbocycles. The molecule has 0 aliphatic carbocycles. The largest absolute Gasteiger partial charge is 0.387 e. The van der Waals surface area contributed by atoms with Gasteiger partial charge in [0.15, 0.2) is 6.29 Å². The molecule has 9 atom stereocenters. The highest BCUT2D eigenvalue weighted by atomic mass is 16.8. The van der Waals surface area contributed by atoms with Crippen LogP contribution in [0.3, 0.4) is 0 Å². The molecule has 0 radical (unpaired) electrons. The summed E-state index contributed by atoms with van der Waals surface area (Å²) in [7, 11) is 0. The standard InChI is InChI=1S/C12H16O8/c13-6-4-1-15-9(6)7(14)11(18-4)20-12-3-17-8-5(19-12)2-16-10(8)12/h4-11,13-14H,1-3H2. The predicted molar refractivity (Wildman–Crippen MR) is 58.6 cm³/mol. The van der Waals surface area contributed by atoms with Gasteiger partial charge in [0.2, 0.25) is 5.79 Å². The van der Waals surface area contributed by atoms with Crippen LogP contribution in [-0.4, -0.2) is 84.8 Å². The van der Waals surface area contributed by atoms with Crippen molar-refractivity contribution in [1.29, 1.82) is 0 Å². The van der Waals surface area contributed by atoms with Gasteiger partial charge in [-0.05, 0) is 0 Å². The Balaban J connectivity index is 1.38. The fourth-order valence-electron chi connectivity index (χ4n) is 3.77. The average molecular weight is 288 g/mol. The first-order chi connectivity index (χ1) is 9.68. The second kappa shape index (κ2) is 3.90. The smallest absolute Gasteiger partial charge is 0.224 e. The van der Waals surface area contributed by atoms with Crippen LogP contribution in [0.15, 0.2) is 0 Å². The Labute approximate surface area is 114 Å². The molecule has 5 heterocycles. The Kier molecular flexibility index (Phi) is 2.39. The zero-order chi connectivity index (χ0) is 13.5. The molecule has 0 saturated carbocycles. The van der Waals surface area contributed by atoms with E-state index in [4.69, 9.17) is 28.4 Å². The molecule has 0 aromatic rings. The molecule has 20 heavy (non-hydrogen) atoms. The highest BCUT2D eigenvalue weighted by Crippen LogP contribution is 2.48. The van der Waals surface area contributed by atoms with Crippen molar-refractivity contribution in [3.63, 3.8) is 0 Å². The quantitative estimate of drug-likeness (QED) is 0.588. The van der Waals surface area contributed by atoms with Crippen molar-refractivity contribution in [3.05, 3.63) is 0 Å². The van der Waals surface area contributed by atoms with E-state index in [2.05, 4.69) is 0 Å². The van der Waals surface area contributed by atoms with Gasteiger partial charge < -0.3 is 38.6 Å². The summed E-state index contributed by atoms with van der Waals surface area (Å²) in [5.74, 6) is -1.01. The number of aliphatic hydroxyl groups excluding tert-OH is 2. The van der Waals surface area contributed by atoms with Crippen LogP contribution in [0.2, 0.25) is 0 Å². The van der Waals surface area contributed by atoms with Crippen LogP contribution in [0.25, 0.3) is 0 Å². The molecular weight excluding hydrogens is 272 g/mol. The molecule has 2 N–H and O–H groups in total. The lowest BCUT2D eigenvalue weighted by Crippen LogP contribution is -2.59. The lowest BCUT2D eigenvalue weighted by Gasteiger charge is -2.41. The van der Waals surface area contributed by atoms with E-state index < -0.39 is 36.5 Å². The van der Waals surface area contributed by atoms with Crippen LogP contribution >= 0.6 is 0 Å². The van der Waals surface area contributed by atoms with Gasteiger partial charge in [-0.25, -0.2) is 0 Å². The van der Waals surface area contributed by atoms with Gasteiger partial charge >= 0.3 is 0 Å². The Morgan fingerprint density at radius 1 is 0.950 bits per heavy atom. The normalized spacial score (nSPS) is 63.3. The van der Waals surface area contributed by atoms with Crippen molar-refractivity contribution < 1.29 is 38.6 Å². The Bertz CT molecular complexity index is 432. The van der Waals surface area contributed by atoms with Crippen LogP contribution in [0.1, 0.15) is 0 Å². The first kappa shape index (κ1) is 12.2.